The molecular formula is C7H12F3NS. The minimum absolute atomic E-state index is 0.0815. The molecule has 1 aliphatic heterocycles. The highest BCUT2D eigenvalue weighted by Crippen LogP contribution is 2.42. The lowest BCUT2D eigenvalue weighted by Gasteiger charge is -2.35. The summed E-state index contributed by atoms with van der Waals surface area (Å²) in [4.78, 5) is 0. The lowest BCUT2D eigenvalue weighted by molar-refractivity contribution is -0.133. The third-order valence-corrected chi connectivity index (χ3v) is 3.18. The largest absolute Gasteiger partial charge is 0.325 e. The molecule has 0 unspecified atom stereocenters. The minimum Gasteiger partial charge on any atom is -0.325 e. The maximum atomic E-state index is 13.5. The Morgan fingerprint density at radius 1 is 1.33 bits per heavy atom. The molecule has 5 heteroatoms. The van der Waals surface area contributed by atoms with Crippen LogP contribution in [0.1, 0.15) is 12.8 Å². The molecule has 0 spiro atoms. The van der Waals surface area contributed by atoms with Gasteiger partial charge in [-0.05, 0) is 24.3 Å². The van der Waals surface area contributed by atoms with Crippen molar-refractivity contribution in [2.24, 2.45) is 5.73 Å². The maximum Gasteiger partial charge on any atom is 0.293 e. The Labute approximate surface area is 73.9 Å². The van der Waals surface area contributed by atoms with Crippen molar-refractivity contribution in [3.8, 4) is 0 Å². The van der Waals surface area contributed by atoms with Crippen LogP contribution in [0.2, 0.25) is 0 Å². The molecule has 1 nitrogen and oxygen atoms in total. The average Bonchev–Trinajstić information content (AvgIpc) is 2.06. The molecule has 2 N–H and O–H groups in total. The molecule has 0 saturated carbocycles. The van der Waals surface area contributed by atoms with Crippen molar-refractivity contribution in [2.45, 2.75) is 24.4 Å². The Balaban J connectivity index is 2.68. The first-order valence-corrected chi connectivity index (χ1v) is 5.02. The van der Waals surface area contributed by atoms with E-state index in [1.165, 1.54) is 11.8 Å². The second-order valence-corrected chi connectivity index (χ2v) is 4.21. The molecule has 1 rings (SSSR count). The van der Waals surface area contributed by atoms with Gasteiger partial charge >= 0.3 is 0 Å². The van der Waals surface area contributed by atoms with Gasteiger partial charge in [0, 0.05) is 0 Å². The van der Waals surface area contributed by atoms with Crippen molar-refractivity contribution in [3.05, 3.63) is 0 Å². The summed E-state index contributed by atoms with van der Waals surface area (Å²) >= 11 is 1.51. The van der Waals surface area contributed by atoms with Crippen LogP contribution in [0.3, 0.4) is 0 Å². The molecule has 0 radical (unpaired) electrons. The Morgan fingerprint density at radius 3 is 2.25 bits per heavy atom. The van der Waals surface area contributed by atoms with E-state index in [9.17, 15) is 13.2 Å². The van der Waals surface area contributed by atoms with E-state index in [0.717, 1.165) is 0 Å². The smallest absolute Gasteiger partial charge is 0.293 e. The monoisotopic (exact) mass is 199 g/mol. The van der Waals surface area contributed by atoms with Gasteiger partial charge < -0.3 is 5.73 Å². The fourth-order valence-corrected chi connectivity index (χ4v) is 2.38. The van der Waals surface area contributed by atoms with E-state index >= 15 is 0 Å². The van der Waals surface area contributed by atoms with Crippen molar-refractivity contribution < 1.29 is 13.2 Å². The molecule has 1 saturated heterocycles. The number of halogens is 3. The highest BCUT2D eigenvalue weighted by molar-refractivity contribution is 7.99. The van der Waals surface area contributed by atoms with Gasteiger partial charge in [-0.3, -0.25) is 0 Å². The van der Waals surface area contributed by atoms with Crippen LogP contribution < -0.4 is 5.73 Å². The van der Waals surface area contributed by atoms with Gasteiger partial charge in [0.25, 0.3) is 5.92 Å². The zero-order valence-electron chi connectivity index (χ0n) is 6.66. The average molecular weight is 199 g/mol. The van der Waals surface area contributed by atoms with Crippen LogP contribution in [0.4, 0.5) is 13.2 Å². The van der Waals surface area contributed by atoms with Crippen LogP contribution in [0, 0.1) is 0 Å². The first kappa shape index (κ1) is 10.2. The van der Waals surface area contributed by atoms with E-state index in [0.29, 0.717) is 11.5 Å². The van der Waals surface area contributed by atoms with Crippen LogP contribution in [-0.2, 0) is 0 Å². The quantitative estimate of drug-likeness (QED) is 0.734. The molecule has 1 fully saturated rings. The molecular weight excluding hydrogens is 187 g/mol. The van der Waals surface area contributed by atoms with Crippen LogP contribution in [0.25, 0.3) is 0 Å². The van der Waals surface area contributed by atoms with E-state index in [-0.39, 0.29) is 12.8 Å². The second kappa shape index (κ2) is 3.46. The number of hydrogen-bond donors (Lipinski definition) is 1. The van der Waals surface area contributed by atoms with E-state index in [1.807, 2.05) is 0 Å². The summed E-state index contributed by atoms with van der Waals surface area (Å²) in [6.07, 6.45) is -0.163. The van der Waals surface area contributed by atoms with Crippen LogP contribution in [0.15, 0.2) is 0 Å². The summed E-state index contributed by atoms with van der Waals surface area (Å²) in [5.41, 5.74) is 2.47. The van der Waals surface area contributed by atoms with Crippen molar-refractivity contribution in [1.82, 2.24) is 0 Å². The summed E-state index contributed by atoms with van der Waals surface area (Å²) in [6.45, 7) is -0.895. The zero-order chi connectivity index (χ0) is 9.24. The minimum atomic E-state index is -3.35. The molecule has 0 bridgehead atoms. The summed E-state index contributed by atoms with van der Waals surface area (Å²) in [5, 5.41) is 0. The Kier molecular flexibility index (Phi) is 2.93. The molecule has 0 atom stereocenters. The Bertz CT molecular complexity index is 157. The summed E-state index contributed by atoms with van der Waals surface area (Å²) < 4.78 is 39.3. The number of rotatable bonds is 2. The standard InChI is InChI=1S/C7H12F3NS/c8-6(7(9,10)5-11)1-3-12-4-2-6/h1-5,11H2. The third kappa shape index (κ3) is 1.71. The van der Waals surface area contributed by atoms with Crippen LogP contribution in [0.5, 0.6) is 0 Å². The SMILES string of the molecule is NCC(F)(F)C1(F)CCSCC1. The van der Waals surface area contributed by atoms with Gasteiger partial charge in [-0.15, -0.1) is 0 Å². The lowest BCUT2D eigenvalue weighted by Crippen LogP contribution is -2.51. The Hall–Kier alpha value is 0.100. The molecule has 1 aliphatic rings. The van der Waals surface area contributed by atoms with Crippen molar-refractivity contribution >= 4 is 11.8 Å². The number of thioether (sulfide) groups is 1. The fourth-order valence-electron chi connectivity index (χ4n) is 1.24. The first-order valence-electron chi connectivity index (χ1n) is 3.86. The van der Waals surface area contributed by atoms with Crippen molar-refractivity contribution in [1.29, 1.82) is 0 Å². The maximum absolute atomic E-state index is 13.5. The van der Waals surface area contributed by atoms with Gasteiger partial charge in [-0.2, -0.15) is 11.8 Å². The summed E-state index contributed by atoms with van der Waals surface area (Å²) in [7, 11) is 0. The van der Waals surface area contributed by atoms with Crippen LogP contribution >= 0.6 is 11.8 Å². The predicted molar refractivity (Wildman–Crippen MR) is 44.4 cm³/mol. The van der Waals surface area contributed by atoms with Gasteiger partial charge in [0.05, 0.1) is 6.54 Å². The van der Waals surface area contributed by atoms with Crippen molar-refractivity contribution in [3.63, 3.8) is 0 Å². The molecule has 0 aromatic heterocycles. The molecule has 0 aromatic rings. The van der Waals surface area contributed by atoms with Gasteiger partial charge in [-0.1, -0.05) is 0 Å². The van der Waals surface area contributed by atoms with Gasteiger partial charge in [0.15, 0.2) is 5.67 Å². The van der Waals surface area contributed by atoms with Gasteiger partial charge in [0.1, 0.15) is 0 Å². The van der Waals surface area contributed by atoms with E-state index in [4.69, 9.17) is 5.73 Å². The number of nitrogens with two attached hydrogens (primary N) is 1. The lowest BCUT2D eigenvalue weighted by atomic mass is 9.91. The van der Waals surface area contributed by atoms with Crippen molar-refractivity contribution in [2.75, 3.05) is 18.1 Å². The molecule has 0 amide bonds. The van der Waals surface area contributed by atoms with Crippen LogP contribution in [-0.4, -0.2) is 29.6 Å². The van der Waals surface area contributed by atoms with E-state index in [1.54, 1.807) is 0 Å². The highest BCUT2D eigenvalue weighted by atomic mass is 32.2. The third-order valence-electron chi connectivity index (χ3n) is 2.20. The van der Waals surface area contributed by atoms with E-state index < -0.39 is 18.1 Å². The topological polar surface area (TPSA) is 26.0 Å². The Morgan fingerprint density at radius 2 is 1.83 bits per heavy atom. The van der Waals surface area contributed by atoms with Gasteiger partial charge in [0.2, 0.25) is 0 Å². The van der Waals surface area contributed by atoms with Gasteiger partial charge in [-0.25, -0.2) is 13.2 Å². The second-order valence-electron chi connectivity index (χ2n) is 2.99. The summed E-state index contributed by atoms with van der Waals surface area (Å²) in [6, 6.07) is 0. The summed E-state index contributed by atoms with van der Waals surface area (Å²) in [5.74, 6) is -2.42. The number of hydrogen-bond acceptors (Lipinski definition) is 2. The number of alkyl halides is 3. The zero-order valence-corrected chi connectivity index (χ0v) is 7.47. The molecule has 12 heavy (non-hydrogen) atoms. The molecule has 72 valence electrons. The molecule has 0 aliphatic carbocycles. The molecule has 0 aromatic carbocycles. The fraction of sp³-hybridized carbons (Fsp3) is 1.00. The molecule has 1 heterocycles. The van der Waals surface area contributed by atoms with E-state index in [2.05, 4.69) is 0 Å². The normalized spacial score (nSPS) is 24.0. The predicted octanol–water partition coefficient (Wildman–Crippen LogP) is 1.82. The first-order chi connectivity index (χ1) is 5.52. The highest BCUT2D eigenvalue weighted by Gasteiger charge is 2.53.